The molecule has 2 rings (SSSR count). The van der Waals surface area contributed by atoms with Gasteiger partial charge >= 0.3 is 5.97 Å². The van der Waals surface area contributed by atoms with Gasteiger partial charge in [-0.2, -0.15) is 5.10 Å². The van der Waals surface area contributed by atoms with Crippen molar-refractivity contribution in [2.45, 2.75) is 25.8 Å². The van der Waals surface area contributed by atoms with Crippen molar-refractivity contribution in [3.05, 3.63) is 18.0 Å². The molecular weight excluding hydrogens is 272 g/mol. The van der Waals surface area contributed by atoms with Crippen molar-refractivity contribution < 1.29 is 14.3 Å². The average Bonchev–Trinajstić information content (AvgIpc) is 2.92. The second-order valence-corrected chi connectivity index (χ2v) is 5.28. The zero-order valence-corrected chi connectivity index (χ0v) is 12.5. The van der Waals surface area contributed by atoms with Crippen LogP contribution in [0.25, 0.3) is 0 Å². The number of esters is 1. The van der Waals surface area contributed by atoms with Crippen LogP contribution < -0.4 is 5.73 Å². The van der Waals surface area contributed by atoms with Crippen LogP contribution in [0.5, 0.6) is 0 Å². The molecule has 1 fully saturated rings. The molecule has 116 valence electrons. The van der Waals surface area contributed by atoms with Crippen LogP contribution in [0.15, 0.2) is 12.4 Å². The summed E-state index contributed by atoms with van der Waals surface area (Å²) < 4.78 is 6.64. The monoisotopic (exact) mass is 294 g/mol. The van der Waals surface area contributed by atoms with E-state index in [-0.39, 0.29) is 17.8 Å². The third-order valence-electron chi connectivity index (χ3n) is 3.78. The average molecular weight is 294 g/mol. The lowest BCUT2D eigenvalue weighted by molar-refractivity contribution is -0.151. The highest BCUT2D eigenvalue weighted by atomic mass is 16.5. The smallest absolute Gasteiger partial charge is 0.309 e. The Morgan fingerprint density at radius 1 is 1.48 bits per heavy atom. The van der Waals surface area contributed by atoms with Crippen LogP contribution >= 0.6 is 0 Å². The molecule has 1 aromatic heterocycles. The molecule has 0 bridgehead atoms. The van der Waals surface area contributed by atoms with Crippen LogP contribution in [0, 0.1) is 5.92 Å². The van der Waals surface area contributed by atoms with E-state index < -0.39 is 6.04 Å². The normalized spacial score (nSPS) is 17.6. The summed E-state index contributed by atoms with van der Waals surface area (Å²) in [5.41, 5.74) is 6.69. The van der Waals surface area contributed by atoms with E-state index in [9.17, 15) is 9.59 Å². The molecule has 0 aliphatic carbocycles. The summed E-state index contributed by atoms with van der Waals surface area (Å²) in [6.45, 7) is 3.26. The first-order chi connectivity index (χ1) is 10.0. The Hall–Kier alpha value is -1.89. The zero-order chi connectivity index (χ0) is 15.4. The van der Waals surface area contributed by atoms with Gasteiger partial charge in [-0.3, -0.25) is 14.3 Å². The molecule has 1 aliphatic rings. The quantitative estimate of drug-likeness (QED) is 0.802. The summed E-state index contributed by atoms with van der Waals surface area (Å²) in [6, 6.07) is -0.696. The first kappa shape index (κ1) is 15.5. The van der Waals surface area contributed by atoms with Crippen LogP contribution in [-0.2, 0) is 21.4 Å². The number of likely N-dealkylation sites (tertiary alicyclic amines) is 1. The van der Waals surface area contributed by atoms with Crippen molar-refractivity contribution in [1.82, 2.24) is 14.7 Å². The van der Waals surface area contributed by atoms with Crippen molar-refractivity contribution in [2.75, 3.05) is 19.7 Å². The maximum atomic E-state index is 12.4. The third-order valence-corrected chi connectivity index (χ3v) is 3.78. The lowest BCUT2D eigenvalue weighted by Gasteiger charge is -2.32. The number of hydrogen-bond acceptors (Lipinski definition) is 5. The Morgan fingerprint density at radius 3 is 2.67 bits per heavy atom. The standard InChI is InChI=1S/C14H22N4O3/c1-3-21-14(20)10-4-6-18(7-5-10)13(19)12(15)11-8-16-17(2)9-11/h8-10,12H,3-7,15H2,1-2H3. The van der Waals surface area contributed by atoms with E-state index >= 15 is 0 Å². The number of hydrogen-bond donors (Lipinski definition) is 1. The molecule has 0 saturated carbocycles. The van der Waals surface area contributed by atoms with Crippen molar-refractivity contribution in [1.29, 1.82) is 0 Å². The molecule has 1 saturated heterocycles. The number of nitrogens with zero attached hydrogens (tertiary/aromatic N) is 3. The van der Waals surface area contributed by atoms with Gasteiger partial charge in [-0.1, -0.05) is 0 Å². The van der Waals surface area contributed by atoms with Crippen LogP contribution in [-0.4, -0.2) is 46.3 Å². The van der Waals surface area contributed by atoms with Gasteiger partial charge in [0.25, 0.3) is 0 Å². The minimum atomic E-state index is -0.696. The largest absolute Gasteiger partial charge is 0.466 e. The highest BCUT2D eigenvalue weighted by Gasteiger charge is 2.30. The molecule has 0 aromatic carbocycles. The summed E-state index contributed by atoms with van der Waals surface area (Å²) in [7, 11) is 1.78. The molecule has 0 radical (unpaired) electrons. The van der Waals surface area contributed by atoms with Crippen molar-refractivity contribution in [3.8, 4) is 0 Å². The zero-order valence-electron chi connectivity index (χ0n) is 12.5. The first-order valence-electron chi connectivity index (χ1n) is 7.22. The second kappa shape index (κ2) is 6.71. The van der Waals surface area contributed by atoms with E-state index in [0.717, 1.165) is 0 Å². The second-order valence-electron chi connectivity index (χ2n) is 5.28. The molecule has 1 atom stereocenters. The first-order valence-corrected chi connectivity index (χ1v) is 7.22. The SMILES string of the molecule is CCOC(=O)C1CCN(C(=O)C(N)c2cnn(C)c2)CC1. The Bertz CT molecular complexity index is 506. The van der Waals surface area contributed by atoms with Crippen molar-refractivity contribution >= 4 is 11.9 Å². The number of aromatic nitrogens is 2. The predicted octanol–water partition coefficient (Wildman–Crippen LogP) is 0.222. The molecule has 2 N–H and O–H groups in total. The molecule has 1 amide bonds. The third kappa shape index (κ3) is 3.60. The molecule has 7 nitrogen and oxygen atoms in total. The van der Waals surface area contributed by atoms with Gasteiger partial charge < -0.3 is 15.4 Å². The fraction of sp³-hybridized carbons (Fsp3) is 0.643. The molecule has 21 heavy (non-hydrogen) atoms. The summed E-state index contributed by atoms with van der Waals surface area (Å²) in [4.78, 5) is 25.7. The molecule has 0 spiro atoms. The maximum Gasteiger partial charge on any atom is 0.309 e. The Labute approximate surface area is 124 Å². The molecule has 2 heterocycles. The van der Waals surface area contributed by atoms with Crippen LogP contribution in [0.4, 0.5) is 0 Å². The Balaban J connectivity index is 1.89. The van der Waals surface area contributed by atoms with Gasteiger partial charge in [0.15, 0.2) is 0 Å². The number of carbonyl (C=O) groups is 2. The summed E-state index contributed by atoms with van der Waals surface area (Å²) in [6.07, 6.45) is 4.61. The topological polar surface area (TPSA) is 90.4 Å². The molecule has 1 aliphatic heterocycles. The van der Waals surface area contributed by atoms with Gasteiger partial charge in [0.1, 0.15) is 6.04 Å². The lowest BCUT2D eigenvalue weighted by atomic mass is 9.96. The van der Waals surface area contributed by atoms with E-state index in [1.54, 1.807) is 35.9 Å². The molecular formula is C14H22N4O3. The number of rotatable bonds is 4. The number of amides is 1. The van der Waals surface area contributed by atoms with E-state index in [4.69, 9.17) is 10.5 Å². The highest BCUT2D eigenvalue weighted by molar-refractivity contribution is 5.83. The Kier molecular flexibility index (Phi) is 4.95. The molecule has 7 heteroatoms. The van der Waals surface area contributed by atoms with Crippen LogP contribution in [0.2, 0.25) is 0 Å². The van der Waals surface area contributed by atoms with E-state index in [2.05, 4.69) is 5.10 Å². The van der Waals surface area contributed by atoms with E-state index in [1.807, 2.05) is 0 Å². The number of carbonyl (C=O) groups excluding carboxylic acids is 2. The van der Waals surface area contributed by atoms with E-state index in [0.29, 0.717) is 38.1 Å². The Morgan fingerprint density at radius 2 is 2.14 bits per heavy atom. The fourth-order valence-electron chi connectivity index (χ4n) is 2.54. The molecule has 1 aromatic rings. The van der Waals surface area contributed by atoms with Gasteiger partial charge in [-0.25, -0.2) is 0 Å². The number of aryl methyl sites for hydroxylation is 1. The summed E-state index contributed by atoms with van der Waals surface area (Å²) in [5.74, 6) is -0.393. The van der Waals surface area contributed by atoms with Gasteiger partial charge in [-0.05, 0) is 19.8 Å². The molecule has 1 unspecified atom stereocenters. The summed E-state index contributed by atoms with van der Waals surface area (Å²) in [5, 5.41) is 4.03. The van der Waals surface area contributed by atoms with Crippen molar-refractivity contribution in [3.63, 3.8) is 0 Å². The minimum absolute atomic E-state index is 0.108. The number of nitrogens with two attached hydrogens (primary N) is 1. The lowest BCUT2D eigenvalue weighted by Crippen LogP contribution is -2.44. The maximum absolute atomic E-state index is 12.4. The van der Waals surface area contributed by atoms with Crippen LogP contribution in [0.3, 0.4) is 0 Å². The van der Waals surface area contributed by atoms with Gasteiger partial charge in [0.05, 0.1) is 18.7 Å². The van der Waals surface area contributed by atoms with E-state index in [1.165, 1.54) is 0 Å². The van der Waals surface area contributed by atoms with Gasteiger partial charge in [-0.15, -0.1) is 0 Å². The number of piperidine rings is 1. The van der Waals surface area contributed by atoms with Crippen LogP contribution in [0.1, 0.15) is 31.4 Å². The van der Waals surface area contributed by atoms with Gasteiger partial charge in [0, 0.05) is 31.9 Å². The fourth-order valence-corrected chi connectivity index (χ4v) is 2.54. The van der Waals surface area contributed by atoms with Crippen molar-refractivity contribution in [2.24, 2.45) is 18.7 Å². The minimum Gasteiger partial charge on any atom is -0.466 e. The van der Waals surface area contributed by atoms with Gasteiger partial charge in [0.2, 0.25) is 5.91 Å². The predicted molar refractivity (Wildman–Crippen MR) is 76.1 cm³/mol. The highest BCUT2D eigenvalue weighted by Crippen LogP contribution is 2.21. The number of ether oxygens (including phenoxy) is 1. The summed E-state index contributed by atoms with van der Waals surface area (Å²) >= 11 is 0.